The summed E-state index contributed by atoms with van der Waals surface area (Å²) in [5.41, 5.74) is 0. The minimum Gasteiger partial charge on any atom is -0.462 e. The van der Waals surface area contributed by atoms with Gasteiger partial charge in [-0.1, -0.05) is 33.1 Å². The molecule has 88 valence electrons. The van der Waals surface area contributed by atoms with Crippen LogP contribution in [0.5, 0.6) is 0 Å². The van der Waals surface area contributed by atoms with Crippen LogP contribution in [0.15, 0.2) is 0 Å². The molecule has 0 saturated carbocycles. The molecule has 2 nitrogen and oxygen atoms in total. The van der Waals surface area contributed by atoms with E-state index in [1.807, 2.05) is 0 Å². The highest BCUT2D eigenvalue weighted by Gasteiger charge is 2.19. The first-order valence-electron chi connectivity index (χ1n) is 6.41. The fourth-order valence-corrected chi connectivity index (χ4v) is 2.05. The summed E-state index contributed by atoms with van der Waals surface area (Å²) in [5.74, 6) is 0.854. The molecule has 0 aromatic heterocycles. The Hall–Kier alpha value is -0.530. The van der Waals surface area contributed by atoms with Crippen LogP contribution in [0.3, 0.4) is 0 Å². The average Bonchev–Trinajstić information content (AvgIpc) is 2.24. The summed E-state index contributed by atoms with van der Waals surface area (Å²) in [6.45, 7) is 4.55. The lowest BCUT2D eigenvalue weighted by molar-refractivity contribution is -0.154. The lowest BCUT2D eigenvalue weighted by Gasteiger charge is -2.22. The Bertz CT molecular complexity index is 189. The number of esters is 1. The molecule has 1 saturated heterocycles. The Balaban J connectivity index is 2.02. The molecule has 1 aliphatic rings. The lowest BCUT2D eigenvalue weighted by atomic mass is 9.98. The van der Waals surface area contributed by atoms with Crippen LogP contribution < -0.4 is 0 Å². The van der Waals surface area contributed by atoms with Crippen molar-refractivity contribution in [1.29, 1.82) is 0 Å². The number of unbranched alkanes of at least 4 members (excludes halogenated alkanes) is 1. The van der Waals surface area contributed by atoms with E-state index in [4.69, 9.17) is 4.74 Å². The highest BCUT2D eigenvalue weighted by atomic mass is 16.5. The number of rotatable bonds is 6. The largest absolute Gasteiger partial charge is 0.462 e. The van der Waals surface area contributed by atoms with Crippen molar-refractivity contribution in [1.82, 2.24) is 0 Å². The van der Waals surface area contributed by atoms with Gasteiger partial charge in [-0.2, -0.15) is 0 Å². The SMILES string of the molecule is CCC(C)CCCCC1CCCC(=O)O1. The molecule has 1 fully saturated rings. The summed E-state index contributed by atoms with van der Waals surface area (Å²) in [6, 6.07) is 0. The summed E-state index contributed by atoms with van der Waals surface area (Å²) >= 11 is 0. The van der Waals surface area contributed by atoms with Crippen LogP contribution in [0, 0.1) is 5.92 Å². The molecular formula is C13H24O2. The standard InChI is InChI=1S/C13H24O2/c1-3-11(2)7-4-5-8-12-9-6-10-13(14)15-12/h11-12H,3-10H2,1-2H3. The molecule has 0 spiro atoms. The first-order valence-corrected chi connectivity index (χ1v) is 6.41. The summed E-state index contributed by atoms with van der Waals surface area (Å²) < 4.78 is 5.28. The molecule has 2 heteroatoms. The van der Waals surface area contributed by atoms with Crippen molar-refractivity contribution < 1.29 is 9.53 Å². The third-order valence-electron chi connectivity index (χ3n) is 3.38. The number of hydrogen-bond acceptors (Lipinski definition) is 2. The van der Waals surface area contributed by atoms with Gasteiger partial charge in [0, 0.05) is 6.42 Å². The van der Waals surface area contributed by atoms with Gasteiger partial charge >= 0.3 is 5.97 Å². The zero-order valence-corrected chi connectivity index (χ0v) is 10.1. The summed E-state index contributed by atoms with van der Waals surface area (Å²) in [7, 11) is 0. The molecule has 15 heavy (non-hydrogen) atoms. The molecule has 0 N–H and O–H groups in total. The maximum absolute atomic E-state index is 11.0. The van der Waals surface area contributed by atoms with Gasteiger partial charge in [0.2, 0.25) is 0 Å². The molecule has 0 amide bonds. The topological polar surface area (TPSA) is 26.3 Å². The minimum atomic E-state index is 0.00757. The van der Waals surface area contributed by atoms with Crippen molar-refractivity contribution in [3.8, 4) is 0 Å². The molecule has 0 bridgehead atoms. The third kappa shape index (κ3) is 5.19. The van der Waals surface area contributed by atoms with Crippen LogP contribution in [0.1, 0.15) is 65.2 Å². The summed E-state index contributed by atoms with van der Waals surface area (Å²) in [5, 5.41) is 0. The fourth-order valence-electron chi connectivity index (χ4n) is 2.05. The fraction of sp³-hybridized carbons (Fsp3) is 0.923. The Morgan fingerprint density at radius 2 is 2.27 bits per heavy atom. The number of hydrogen-bond donors (Lipinski definition) is 0. The van der Waals surface area contributed by atoms with Gasteiger partial charge in [0.1, 0.15) is 6.10 Å². The predicted octanol–water partition coefficient (Wildman–Crippen LogP) is 3.69. The van der Waals surface area contributed by atoms with Crippen LogP contribution in [-0.4, -0.2) is 12.1 Å². The molecular weight excluding hydrogens is 188 g/mol. The van der Waals surface area contributed by atoms with E-state index in [-0.39, 0.29) is 12.1 Å². The molecule has 1 heterocycles. The number of carbonyl (C=O) groups is 1. The van der Waals surface area contributed by atoms with E-state index < -0.39 is 0 Å². The minimum absolute atomic E-state index is 0.00757. The summed E-state index contributed by atoms with van der Waals surface area (Å²) in [6.07, 6.45) is 9.11. The van der Waals surface area contributed by atoms with E-state index >= 15 is 0 Å². The molecule has 1 rings (SSSR count). The number of ether oxygens (including phenoxy) is 1. The van der Waals surface area contributed by atoms with Crippen LogP contribution in [0.4, 0.5) is 0 Å². The van der Waals surface area contributed by atoms with Crippen molar-refractivity contribution >= 4 is 5.97 Å². The second kappa shape index (κ2) is 6.86. The Labute approximate surface area is 93.4 Å². The first kappa shape index (κ1) is 12.5. The van der Waals surface area contributed by atoms with Gasteiger partial charge < -0.3 is 4.74 Å². The van der Waals surface area contributed by atoms with Crippen LogP contribution >= 0.6 is 0 Å². The van der Waals surface area contributed by atoms with E-state index in [0.29, 0.717) is 6.42 Å². The molecule has 0 aliphatic carbocycles. The Kier molecular flexibility index (Phi) is 5.74. The zero-order chi connectivity index (χ0) is 11.1. The molecule has 2 atom stereocenters. The number of cyclic esters (lactones) is 1. The van der Waals surface area contributed by atoms with Crippen molar-refractivity contribution in [3.05, 3.63) is 0 Å². The van der Waals surface area contributed by atoms with Gasteiger partial charge in [-0.25, -0.2) is 0 Å². The van der Waals surface area contributed by atoms with Crippen molar-refractivity contribution in [2.75, 3.05) is 0 Å². The second-order valence-electron chi connectivity index (χ2n) is 4.80. The van der Waals surface area contributed by atoms with Crippen molar-refractivity contribution in [3.63, 3.8) is 0 Å². The maximum atomic E-state index is 11.0. The molecule has 0 aromatic carbocycles. The van der Waals surface area contributed by atoms with E-state index in [9.17, 15) is 4.79 Å². The smallest absolute Gasteiger partial charge is 0.306 e. The second-order valence-corrected chi connectivity index (χ2v) is 4.80. The first-order chi connectivity index (χ1) is 7.22. The summed E-state index contributed by atoms with van der Waals surface area (Å²) in [4.78, 5) is 11.0. The molecule has 2 unspecified atom stereocenters. The third-order valence-corrected chi connectivity index (χ3v) is 3.38. The zero-order valence-electron chi connectivity index (χ0n) is 10.1. The molecule has 0 radical (unpaired) electrons. The normalized spacial score (nSPS) is 23.6. The van der Waals surface area contributed by atoms with Gasteiger partial charge in [0.05, 0.1) is 0 Å². The van der Waals surface area contributed by atoms with Crippen molar-refractivity contribution in [2.45, 2.75) is 71.3 Å². The highest BCUT2D eigenvalue weighted by molar-refractivity contribution is 5.70. The van der Waals surface area contributed by atoms with Crippen LogP contribution in [0.25, 0.3) is 0 Å². The van der Waals surface area contributed by atoms with E-state index in [2.05, 4.69) is 13.8 Å². The van der Waals surface area contributed by atoms with Gasteiger partial charge in [-0.15, -0.1) is 0 Å². The van der Waals surface area contributed by atoms with Crippen LogP contribution in [-0.2, 0) is 9.53 Å². The predicted molar refractivity (Wildman–Crippen MR) is 61.7 cm³/mol. The van der Waals surface area contributed by atoms with Gasteiger partial charge in [0.25, 0.3) is 0 Å². The Morgan fingerprint density at radius 1 is 1.47 bits per heavy atom. The van der Waals surface area contributed by atoms with E-state index in [1.54, 1.807) is 0 Å². The molecule has 1 aliphatic heterocycles. The van der Waals surface area contributed by atoms with E-state index in [0.717, 1.165) is 25.2 Å². The Morgan fingerprint density at radius 3 is 2.93 bits per heavy atom. The van der Waals surface area contributed by atoms with Crippen molar-refractivity contribution in [2.24, 2.45) is 5.92 Å². The van der Waals surface area contributed by atoms with Gasteiger partial charge in [0.15, 0.2) is 0 Å². The quantitative estimate of drug-likeness (QED) is 0.496. The van der Waals surface area contributed by atoms with E-state index in [1.165, 1.54) is 25.7 Å². The number of carbonyl (C=O) groups excluding carboxylic acids is 1. The monoisotopic (exact) mass is 212 g/mol. The molecule has 0 aromatic rings. The van der Waals surface area contributed by atoms with Gasteiger partial charge in [-0.3, -0.25) is 4.79 Å². The highest BCUT2D eigenvalue weighted by Crippen LogP contribution is 2.20. The van der Waals surface area contributed by atoms with Crippen LogP contribution in [0.2, 0.25) is 0 Å². The van der Waals surface area contributed by atoms with Gasteiger partial charge in [-0.05, 0) is 31.6 Å². The maximum Gasteiger partial charge on any atom is 0.306 e. The lowest BCUT2D eigenvalue weighted by Crippen LogP contribution is -2.23. The average molecular weight is 212 g/mol.